The summed E-state index contributed by atoms with van der Waals surface area (Å²) in [4.78, 5) is 29.3. The Balaban J connectivity index is 1.75. The molecule has 1 amide bonds. The van der Waals surface area contributed by atoms with Gasteiger partial charge in [-0.1, -0.05) is 18.2 Å². The number of anilines is 1. The van der Waals surface area contributed by atoms with E-state index in [2.05, 4.69) is 10.3 Å². The van der Waals surface area contributed by atoms with E-state index in [4.69, 9.17) is 4.74 Å². The van der Waals surface area contributed by atoms with Gasteiger partial charge in [0.15, 0.2) is 5.13 Å². The molecule has 1 aromatic carbocycles. The van der Waals surface area contributed by atoms with E-state index in [0.29, 0.717) is 44.1 Å². The van der Waals surface area contributed by atoms with Crippen LogP contribution in [0.2, 0.25) is 0 Å². The highest BCUT2D eigenvalue weighted by molar-refractivity contribution is 7.19. The second-order valence-electron chi connectivity index (χ2n) is 5.24. The van der Waals surface area contributed by atoms with Crippen molar-refractivity contribution in [3.8, 4) is 0 Å². The molecule has 1 aromatic heterocycles. The van der Waals surface area contributed by atoms with E-state index >= 15 is 0 Å². The number of hydrogen-bond donors (Lipinski definition) is 1. The van der Waals surface area contributed by atoms with Gasteiger partial charge < -0.3 is 4.74 Å². The average Bonchev–Trinajstić information content (AvgIpc) is 2.99. The highest BCUT2D eigenvalue weighted by Gasteiger charge is 2.25. The van der Waals surface area contributed by atoms with E-state index < -0.39 is 4.92 Å². The van der Waals surface area contributed by atoms with Crippen LogP contribution in [0.25, 0.3) is 0 Å². The van der Waals surface area contributed by atoms with Crippen LogP contribution < -0.4 is 5.32 Å². The number of carbonyl (C=O) groups is 1. The molecule has 0 bridgehead atoms. The van der Waals surface area contributed by atoms with Crippen molar-refractivity contribution in [2.45, 2.75) is 6.54 Å². The van der Waals surface area contributed by atoms with Crippen molar-refractivity contribution in [2.24, 2.45) is 0 Å². The van der Waals surface area contributed by atoms with Crippen LogP contribution in [0.1, 0.15) is 16.1 Å². The number of morpholine rings is 1. The van der Waals surface area contributed by atoms with Crippen LogP contribution in [-0.4, -0.2) is 47.0 Å². The number of carbonyl (C=O) groups excluding carboxylic acids is 1. The zero-order chi connectivity index (χ0) is 16.9. The lowest BCUT2D eigenvalue weighted by atomic mass is 10.2. The second-order valence-corrected chi connectivity index (χ2v) is 6.21. The van der Waals surface area contributed by atoms with Gasteiger partial charge in [0.2, 0.25) is 0 Å². The lowest BCUT2D eigenvalue weighted by Crippen LogP contribution is -2.35. The lowest BCUT2D eigenvalue weighted by molar-refractivity contribution is -0.381. The summed E-state index contributed by atoms with van der Waals surface area (Å²) < 4.78 is 5.27. The molecule has 0 spiro atoms. The molecule has 0 saturated carbocycles. The summed E-state index contributed by atoms with van der Waals surface area (Å²) in [6.45, 7) is 3.00. The van der Waals surface area contributed by atoms with Crippen molar-refractivity contribution >= 4 is 27.4 Å². The highest BCUT2D eigenvalue weighted by Crippen LogP contribution is 2.31. The van der Waals surface area contributed by atoms with Crippen molar-refractivity contribution in [3.05, 3.63) is 51.7 Å². The first-order valence-electron chi connectivity index (χ1n) is 7.44. The van der Waals surface area contributed by atoms with Gasteiger partial charge >= 0.3 is 5.00 Å². The molecule has 2 aromatic rings. The number of aromatic nitrogens is 1. The van der Waals surface area contributed by atoms with Crippen LogP contribution in [0.5, 0.6) is 0 Å². The molecule has 24 heavy (non-hydrogen) atoms. The third kappa shape index (κ3) is 3.94. The first kappa shape index (κ1) is 16.5. The van der Waals surface area contributed by atoms with Crippen LogP contribution in [0, 0.1) is 10.1 Å². The SMILES string of the molecule is O=C(Nc1nc(CN2CCOCC2)c([N+](=O)[O-])s1)c1ccccc1. The third-order valence-corrected chi connectivity index (χ3v) is 4.54. The Bertz CT molecular complexity index is 728. The molecule has 9 heteroatoms. The summed E-state index contributed by atoms with van der Waals surface area (Å²) in [7, 11) is 0. The Kier molecular flexibility index (Phi) is 5.14. The van der Waals surface area contributed by atoms with Crippen LogP contribution >= 0.6 is 11.3 Å². The van der Waals surface area contributed by atoms with Gasteiger partial charge in [-0.2, -0.15) is 0 Å². The fraction of sp³-hybridized carbons (Fsp3) is 0.333. The van der Waals surface area contributed by atoms with Crippen molar-refractivity contribution in [1.29, 1.82) is 0 Å². The number of nitrogens with one attached hydrogen (secondary N) is 1. The Labute approximate surface area is 142 Å². The molecule has 8 nitrogen and oxygen atoms in total. The van der Waals surface area contributed by atoms with E-state index in [0.717, 1.165) is 11.3 Å². The first-order chi connectivity index (χ1) is 11.6. The molecule has 1 aliphatic heterocycles. The Morgan fingerprint density at radius 1 is 1.33 bits per heavy atom. The second kappa shape index (κ2) is 7.47. The summed E-state index contributed by atoms with van der Waals surface area (Å²) in [5.74, 6) is -0.336. The Morgan fingerprint density at radius 2 is 2.04 bits per heavy atom. The van der Waals surface area contributed by atoms with Gasteiger partial charge in [-0.05, 0) is 23.5 Å². The average molecular weight is 348 g/mol. The Morgan fingerprint density at radius 3 is 2.71 bits per heavy atom. The number of thiazole rings is 1. The molecular formula is C15H16N4O4S. The topological polar surface area (TPSA) is 97.6 Å². The fourth-order valence-corrected chi connectivity index (χ4v) is 3.16. The number of amides is 1. The number of nitro groups is 1. The monoisotopic (exact) mass is 348 g/mol. The van der Waals surface area contributed by atoms with E-state index in [9.17, 15) is 14.9 Å². The molecular weight excluding hydrogens is 332 g/mol. The van der Waals surface area contributed by atoms with Crippen molar-refractivity contribution in [2.75, 3.05) is 31.6 Å². The third-order valence-electron chi connectivity index (χ3n) is 3.58. The molecule has 1 fully saturated rings. The molecule has 126 valence electrons. The van der Waals surface area contributed by atoms with Gasteiger partial charge in [-0.15, -0.1) is 0 Å². The van der Waals surface area contributed by atoms with E-state index in [1.54, 1.807) is 24.3 Å². The van der Waals surface area contributed by atoms with Crippen LogP contribution in [0.4, 0.5) is 10.1 Å². The standard InChI is InChI=1S/C15H16N4O4S/c20-13(11-4-2-1-3-5-11)17-15-16-12(14(24-15)19(21)22)10-18-6-8-23-9-7-18/h1-5H,6-10H2,(H,16,17,20). The maximum atomic E-state index is 12.2. The van der Waals surface area contributed by atoms with Gasteiger partial charge in [0.05, 0.1) is 18.1 Å². The molecule has 0 radical (unpaired) electrons. The summed E-state index contributed by atoms with van der Waals surface area (Å²) in [5.41, 5.74) is 0.848. The maximum Gasteiger partial charge on any atom is 0.350 e. The number of benzene rings is 1. The molecule has 0 unspecified atom stereocenters. The molecule has 1 saturated heterocycles. The quantitative estimate of drug-likeness (QED) is 0.657. The minimum atomic E-state index is -0.453. The summed E-state index contributed by atoms with van der Waals surface area (Å²) in [6.07, 6.45) is 0. The first-order valence-corrected chi connectivity index (χ1v) is 8.26. The van der Waals surface area contributed by atoms with Gasteiger partial charge in [0.25, 0.3) is 5.91 Å². The fourth-order valence-electron chi connectivity index (χ4n) is 2.37. The number of hydrogen-bond acceptors (Lipinski definition) is 7. The highest BCUT2D eigenvalue weighted by atomic mass is 32.1. The number of nitrogens with zero attached hydrogens (tertiary/aromatic N) is 3. The lowest BCUT2D eigenvalue weighted by Gasteiger charge is -2.25. The van der Waals surface area contributed by atoms with Gasteiger partial charge in [-0.25, -0.2) is 4.98 Å². The minimum absolute atomic E-state index is 0.0372. The van der Waals surface area contributed by atoms with Crippen LogP contribution in [-0.2, 0) is 11.3 Å². The van der Waals surface area contributed by atoms with E-state index in [1.165, 1.54) is 0 Å². The minimum Gasteiger partial charge on any atom is -0.379 e. The zero-order valence-electron chi connectivity index (χ0n) is 12.8. The van der Waals surface area contributed by atoms with Crippen LogP contribution in [0.3, 0.4) is 0 Å². The van der Waals surface area contributed by atoms with Crippen molar-refractivity contribution in [3.63, 3.8) is 0 Å². The predicted molar refractivity (Wildman–Crippen MR) is 89.3 cm³/mol. The summed E-state index contributed by atoms with van der Waals surface area (Å²) >= 11 is 0.879. The van der Waals surface area contributed by atoms with Gasteiger partial charge in [0.1, 0.15) is 5.69 Å². The largest absolute Gasteiger partial charge is 0.379 e. The number of rotatable bonds is 5. The maximum absolute atomic E-state index is 12.2. The zero-order valence-corrected chi connectivity index (χ0v) is 13.6. The van der Waals surface area contributed by atoms with Crippen molar-refractivity contribution < 1.29 is 14.5 Å². The number of ether oxygens (including phenoxy) is 1. The van der Waals surface area contributed by atoms with Crippen molar-refractivity contribution in [1.82, 2.24) is 9.88 Å². The smallest absolute Gasteiger partial charge is 0.350 e. The van der Waals surface area contributed by atoms with E-state index in [-0.39, 0.29) is 16.0 Å². The summed E-state index contributed by atoms with van der Waals surface area (Å²) in [6, 6.07) is 8.66. The molecule has 3 rings (SSSR count). The van der Waals surface area contributed by atoms with Crippen LogP contribution in [0.15, 0.2) is 30.3 Å². The molecule has 1 aliphatic rings. The van der Waals surface area contributed by atoms with E-state index in [1.807, 2.05) is 11.0 Å². The van der Waals surface area contributed by atoms with Gasteiger partial charge in [-0.3, -0.25) is 25.1 Å². The molecule has 0 atom stereocenters. The summed E-state index contributed by atoms with van der Waals surface area (Å²) in [5, 5.41) is 14.1. The van der Waals surface area contributed by atoms with Gasteiger partial charge in [0, 0.05) is 25.2 Å². The Hall–Kier alpha value is -2.36. The predicted octanol–water partition coefficient (Wildman–Crippen LogP) is 2.14. The molecule has 2 heterocycles. The normalized spacial score (nSPS) is 15.2. The molecule has 0 aliphatic carbocycles. The molecule has 1 N–H and O–H groups in total.